The highest BCUT2D eigenvalue weighted by Crippen LogP contribution is 2.40. The van der Waals surface area contributed by atoms with Crippen molar-refractivity contribution in [2.24, 2.45) is 26.9 Å². The highest BCUT2D eigenvalue weighted by molar-refractivity contribution is 9.10. The Kier molecular flexibility index (Phi) is 40.6. The van der Waals surface area contributed by atoms with Crippen LogP contribution in [0.1, 0.15) is 135 Å². The maximum absolute atomic E-state index is 13.5. The Balaban J connectivity index is 0.000000204. The number of sulfonamides is 4. The number of imidazole rings is 3. The average molecular weight is 2230 g/mol. The van der Waals surface area contributed by atoms with Crippen LogP contribution >= 0.6 is 31.9 Å². The number of alkyl halides is 12. The lowest BCUT2D eigenvalue weighted by atomic mass is 9.90. The predicted molar refractivity (Wildman–Crippen MR) is 539 cm³/mol. The van der Waals surface area contributed by atoms with Gasteiger partial charge in [-0.25, -0.2) is 57.7 Å². The number of nitrogens with zero attached hydrogens (tertiary/aromatic N) is 9. The highest BCUT2D eigenvalue weighted by atomic mass is 79.9. The van der Waals surface area contributed by atoms with E-state index in [9.17, 15) is 90.7 Å². The van der Waals surface area contributed by atoms with E-state index < -0.39 is 92.9 Å². The molecule has 0 aliphatic rings. The second kappa shape index (κ2) is 50.5. The molecule has 145 heavy (non-hydrogen) atoms. The van der Waals surface area contributed by atoms with Crippen LogP contribution in [0.25, 0.3) is 22.5 Å². The van der Waals surface area contributed by atoms with Crippen molar-refractivity contribution in [1.29, 1.82) is 0 Å². The van der Waals surface area contributed by atoms with Gasteiger partial charge >= 0.3 is 24.7 Å². The number of aryl methyl sites for hydroxylation is 4. The van der Waals surface area contributed by atoms with E-state index in [4.69, 9.17) is 19.9 Å². The SMILES string of the molecule is CNS(=O)(=O)c1ccc(C[C@@H](C)c2cccc(C(F)(F)F)c2)c(-c2cn(C)cn2)c1.COc1ccc(CN(C)S(=O)(=O)c2ccc(C[C@@H](C)c3cccc(C(F)(F)F)c3)c(-c3cn(C)cn3)c2)cc1.COc1ccc(CN(C)S(=O)(=O)c2ccc(C[C@@H](C)c3cccc(C(F)(F)F)c3)c(Br)c2)cc1.COc1ccc(CN(C)S(=O)(=O)c2ccc(F)c(Br)c2)cc1.C[C@H](N)c1cccc(C(F)(F)F)c1.Cc1cn(C)cn1. The number of hydrogen-bond acceptors (Lipinski definition) is 15. The fraction of sp³-hybridized carbons (Fsp3) is 0.279. The number of nitrogens with two attached hydrogens (primary N) is 1. The summed E-state index contributed by atoms with van der Waals surface area (Å²) in [6, 6.07) is 60.0. The zero-order chi connectivity index (χ0) is 107. The smallest absolute Gasteiger partial charge is 0.416 e. The van der Waals surface area contributed by atoms with Gasteiger partial charge in [-0.1, -0.05) is 158 Å². The van der Waals surface area contributed by atoms with Crippen molar-refractivity contribution in [3.05, 3.63) is 379 Å². The number of halogens is 15. The maximum atomic E-state index is 13.5. The van der Waals surface area contributed by atoms with Gasteiger partial charge in [0.25, 0.3) is 0 Å². The third-order valence-corrected chi connectivity index (χ3v) is 31.1. The Labute approximate surface area is 853 Å². The van der Waals surface area contributed by atoms with Crippen LogP contribution < -0.4 is 24.7 Å². The summed E-state index contributed by atoms with van der Waals surface area (Å²) >= 11 is 6.44. The summed E-state index contributed by atoms with van der Waals surface area (Å²) in [4.78, 5) is 13.1. The van der Waals surface area contributed by atoms with Gasteiger partial charge in [0.1, 0.15) is 23.1 Å². The first-order valence-corrected chi connectivity index (χ1v) is 51.8. The standard InChI is InChI=1S/C29H30F3N3O3S.C25H25BrF3NO3S.C21H22F3N3O2S.C15H15BrFNO3S.C9H10F3N.C5H8N2/c1-20(22-6-5-7-24(15-22)29(30,31)32)14-23-10-13-26(16-27(23)28-18-34(2)19-33-28)39(36,37)35(3)17-21-8-11-25(38-4)12-9-21;1-17(19-5-4-6-21(14-19)25(27,28)29)13-20-9-12-23(15-24(20)26)34(31,32)30(2)16-18-7-10-22(33-3)11-8-18;1-14(15-5-4-6-17(10-15)21(22,23)24)9-16-7-8-18(30(28,29)25-2)11-19(16)20-12-27(3)13-26-20;1-18(10-11-3-5-12(21-2)6-4-11)22(19,20)13-7-8-15(17)14(16)9-13;1-6(13)7-3-2-4-8(5-7)9(10,11)12;1-5-3-7(2)4-6-5/h5-13,15-16,18-20H,14,17H2,1-4H3;4-12,14-15,17H,13,16H2,1-3H3;4-8,10-14,25H,9H2,1-3H3;3-9H,10H2,1-2H3;2-6H,13H2,1H3;3-4H,1-2H3/t20-;17-;14-;;6-;/m111.0./s1. The summed E-state index contributed by atoms with van der Waals surface area (Å²) in [7, 11) is 1.17. The fourth-order valence-corrected chi connectivity index (χ4v) is 20.2. The quantitative estimate of drug-likeness (QED) is 0.0413. The number of aromatic nitrogens is 6. The summed E-state index contributed by atoms with van der Waals surface area (Å²) < 4.78 is 298. The van der Waals surface area contributed by atoms with Crippen LogP contribution in [0.15, 0.2) is 309 Å². The van der Waals surface area contributed by atoms with E-state index in [-0.39, 0.29) is 67.5 Å². The van der Waals surface area contributed by atoms with E-state index in [0.29, 0.717) is 85.8 Å². The molecule has 3 N–H and O–H groups in total. The minimum atomic E-state index is -4.43. The monoisotopic (exact) mass is 2220 g/mol. The summed E-state index contributed by atoms with van der Waals surface area (Å²) in [5.41, 5.74) is 13.3. The first-order chi connectivity index (χ1) is 67.8. The van der Waals surface area contributed by atoms with Gasteiger partial charge in [-0.2, -0.15) is 65.6 Å². The van der Waals surface area contributed by atoms with E-state index in [1.54, 1.807) is 197 Å². The molecule has 3 aromatic heterocycles. The molecule has 11 aromatic carbocycles. The molecule has 3 heterocycles. The summed E-state index contributed by atoms with van der Waals surface area (Å²) in [6.45, 7) is 9.73. The molecule has 14 aromatic rings. The third-order valence-electron chi connectivity index (χ3n) is 22.9. The molecule has 0 fully saturated rings. The Morgan fingerprint density at radius 2 is 0.669 bits per heavy atom. The third kappa shape index (κ3) is 33.1. The Morgan fingerprint density at radius 3 is 0.952 bits per heavy atom. The first-order valence-electron chi connectivity index (χ1n) is 44.4. The van der Waals surface area contributed by atoms with Crippen LogP contribution in [0.5, 0.6) is 17.2 Å². The van der Waals surface area contributed by atoms with E-state index >= 15 is 0 Å². The molecule has 14 rings (SSSR count). The van der Waals surface area contributed by atoms with Gasteiger partial charge in [-0.05, 0) is 251 Å². The molecule has 0 radical (unpaired) electrons. The topological polar surface area (TPSA) is 265 Å². The molecular formula is C104H110Br2F13N11O11S4. The molecular weight excluding hydrogens is 2110 g/mol. The van der Waals surface area contributed by atoms with Gasteiger partial charge in [0.15, 0.2) is 0 Å². The van der Waals surface area contributed by atoms with Crippen LogP contribution in [0, 0.1) is 12.7 Å². The molecule has 776 valence electrons. The molecule has 0 amide bonds. The zero-order valence-corrected chi connectivity index (χ0v) is 87.9. The second-order valence-electron chi connectivity index (χ2n) is 34.1. The van der Waals surface area contributed by atoms with Gasteiger partial charge < -0.3 is 33.6 Å². The number of rotatable bonds is 29. The van der Waals surface area contributed by atoms with Gasteiger partial charge in [-0.3, -0.25) is 0 Å². The molecule has 0 bridgehead atoms. The van der Waals surface area contributed by atoms with Crippen molar-refractivity contribution >= 4 is 72.0 Å². The number of methoxy groups -OCH3 is 3. The van der Waals surface area contributed by atoms with Gasteiger partial charge in [-0.15, -0.1) is 0 Å². The van der Waals surface area contributed by atoms with Gasteiger partial charge in [0.05, 0.1) is 104 Å². The van der Waals surface area contributed by atoms with Gasteiger partial charge in [0.2, 0.25) is 40.1 Å². The fourth-order valence-electron chi connectivity index (χ4n) is 14.7. The maximum Gasteiger partial charge on any atom is 0.416 e. The molecule has 0 spiro atoms. The van der Waals surface area contributed by atoms with E-state index in [1.165, 1.54) is 95.7 Å². The molecule has 41 heteroatoms. The van der Waals surface area contributed by atoms with Crippen LogP contribution in [0.3, 0.4) is 0 Å². The number of nitrogens with one attached hydrogen (secondary N) is 1. The molecule has 0 unspecified atom stereocenters. The first kappa shape index (κ1) is 117. The number of benzene rings is 11. The van der Waals surface area contributed by atoms with Crippen LogP contribution in [0.2, 0.25) is 0 Å². The minimum Gasteiger partial charge on any atom is -0.497 e. The van der Waals surface area contributed by atoms with Crippen molar-refractivity contribution in [3.8, 4) is 39.8 Å². The van der Waals surface area contributed by atoms with Gasteiger partial charge in [0, 0.05) is 102 Å². The second-order valence-corrected chi connectivity index (χ2v) is 43.9. The average Bonchev–Trinajstić information content (AvgIpc) is 1.77. The lowest BCUT2D eigenvalue weighted by molar-refractivity contribution is -0.138. The van der Waals surface area contributed by atoms with Crippen molar-refractivity contribution in [2.45, 2.75) is 142 Å². The minimum absolute atomic E-state index is 0.0387. The largest absolute Gasteiger partial charge is 0.497 e. The van der Waals surface area contributed by atoms with Crippen molar-refractivity contribution in [3.63, 3.8) is 0 Å². The zero-order valence-electron chi connectivity index (χ0n) is 81.5. The Morgan fingerprint density at radius 1 is 0.379 bits per heavy atom. The number of hydrogen-bond donors (Lipinski definition) is 2. The molecule has 22 nitrogen and oxygen atoms in total. The predicted octanol–water partition coefficient (Wildman–Crippen LogP) is 24.2. The summed E-state index contributed by atoms with van der Waals surface area (Å²) in [6.07, 6.45) is -5.72. The molecule has 0 aliphatic heterocycles. The lowest BCUT2D eigenvalue weighted by Crippen LogP contribution is -2.26. The molecule has 0 saturated carbocycles. The van der Waals surface area contributed by atoms with Crippen LogP contribution in [-0.4, -0.2) is 125 Å². The van der Waals surface area contributed by atoms with Crippen LogP contribution in [0.4, 0.5) is 57.1 Å². The van der Waals surface area contributed by atoms with E-state index in [2.05, 4.69) is 51.5 Å². The summed E-state index contributed by atoms with van der Waals surface area (Å²) in [5, 5.41) is 0. The Hall–Kier alpha value is -11.9. The molecule has 0 saturated heterocycles. The van der Waals surface area contributed by atoms with Crippen molar-refractivity contribution in [1.82, 2.24) is 46.3 Å². The van der Waals surface area contributed by atoms with E-state index in [1.807, 2.05) is 64.7 Å². The van der Waals surface area contributed by atoms with E-state index in [0.717, 1.165) is 93.7 Å². The molecule has 4 atom stereocenters. The van der Waals surface area contributed by atoms with Crippen molar-refractivity contribution < 1.29 is 105 Å². The normalized spacial score (nSPS) is 12.9. The lowest BCUT2D eigenvalue weighted by Gasteiger charge is -2.20. The van der Waals surface area contributed by atoms with Crippen molar-refractivity contribution in [2.75, 3.05) is 49.5 Å². The number of ether oxygens (including phenoxy) is 3. The highest BCUT2D eigenvalue weighted by Gasteiger charge is 2.36. The summed E-state index contributed by atoms with van der Waals surface area (Å²) in [5.74, 6) is 0.899. The Bertz CT molecular complexity index is 7160. The van der Waals surface area contributed by atoms with Crippen LogP contribution in [-0.2, 0) is 125 Å². The molecule has 0 aliphatic carbocycles.